The van der Waals surface area contributed by atoms with Gasteiger partial charge >= 0.3 is 0 Å². The Morgan fingerprint density at radius 3 is 2.41 bits per heavy atom. The average Bonchev–Trinajstić information content (AvgIpc) is 3.36. The summed E-state index contributed by atoms with van der Waals surface area (Å²) in [5.74, 6) is 0.819. The summed E-state index contributed by atoms with van der Waals surface area (Å²) in [5, 5.41) is 21.1. The van der Waals surface area contributed by atoms with Crippen LogP contribution in [0.3, 0.4) is 0 Å². The second-order valence-electron chi connectivity index (χ2n) is 7.72. The van der Waals surface area contributed by atoms with Gasteiger partial charge < -0.3 is 9.64 Å². The highest BCUT2D eigenvalue weighted by molar-refractivity contribution is 6.28. The van der Waals surface area contributed by atoms with Crippen molar-refractivity contribution in [1.29, 1.82) is 5.26 Å². The topological polar surface area (TPSA) is 96.9 Å². The minimum Gasteiger partial charge on any atom is -0.497 e. The molecule has 0 N–H and O–H groups in total. The molecule has 8 nitrogen and oxygen atoms in total. The Kier molecular flexibility index (Phi) is 6.46. The normalized spacial score (nSPS) is 11.1. The van der Waals surface area contributed by atoms with Crippen molar-refractivity contribution in [3.05, 3.63) is 95.9 Å². The standard InChI is InChI=1S/C26H22N6O2/c1-31(2)17-24(26-28-29-30-32(26)22-11-13-23(34-3)14-12-22)25(33)21-6-4-5-20(15-21)19-9-7-18(16-27)8-10-19/h4-15,17H,1-3H3. The SMILES string of the molecule is COc1ccc(-n2nnnc2C(=CN(C)C)C(=O)c2cccc(-c3ccc(C#N)cc3)c2)cc1. The lowest BCUT2D eigenvalue weighted by Crippen LogP contribution is -2.13. The fraction of sp³-hybridized carbons (Fsp3) is 0.115. The molecule has 4 rings (SSSR count). The molecule has 1 aromatic heterocycles. The number of carbonyl (C=O) groups excluding carboxylic acids is 1. The van der Waals surface area contributed by atoms with Gasteiger partial charge in [-0.15, -0.1) is 5.10 Å². The summed E-state index contributed by atoms with van der Waals surface area (Å²) in [6, 6.07) is 24.0. The lowest BCUT2D eigenvalue weighted by atomic mass is 9.97. The minimum absolute atomic E-state index is 0.214. The van der Waals surface area contributed by atoms with E-state index in [0.717, 1.165) is 11.1 Å². The van der Waals surface area contributed by atoms with Crippen molar-refractivity contribution >= 4 is 11.4 Å². The first-order valence-corrected chi connectivity index (χ1v) is 10.5. The summed E-state index contributed by atoms with van der Waals surface area (Å²) in [5.41, 5.74) is 3.91. The van der Waals surface area contributed by atoms with Crippen LogP contribution in [0.1, 0.15) is 21.7 Å². The van der Waals surface area contributed by atoms with Gasteiger partial charge in [-0.1, -0.05) is 30.3 Å². The first kappa shape index (κ1) is 22.4. The van der Waals surface area contributed by atoms with E-state index in [1.54, 1.807) is 48.5 Å². The van der Waals surface area contributed by atoms with Gasteiger partial charge in [0.05, 0.1) is 30.0 Å². The number of allylic oxidation sites excluding steroid dienone is 1. The molecule has 0 saturated heterocycles. The highest BCUT2D eigenvalue weighted by Gasteiger charge is 2.22. The van der Waals surface area contributed by atoms with Crippen molar-refractivity contribution < 1.29 is 9.53 Å². The molecule has 0 atom stereocenters. The van der Waals surface area contributed by atoms with Crippen LogP contribution in [0, 0.1) is 11.3 Å². The third-order valence-electron chi connectivity index (χ3n) is 5.13. The molecule has 0 amide bonds. The molecule has 3 aromatic carbocycles. The number of benzene rings is 3. The van der Waals surface area contributed by atoms with Gasteiger partial charge in [-0.25, -0.2) is 0 Å². The van der Waals surface area contributed by atoms with Crippen LogP contribution in [-0.4, -0.2) is 52.1 Å². The lowest BCUT2D eigenvalue weighted by Gasteiger charge is -2.13. The van der Waals surface area contributed by atoms with E-state index in [1.165, 1.54) is 4.68 Å². The summed E-state index contributed by atoms with van der Waals surface area (Å²) in [6.07, 6.45) is 1.71. The van der Waals surface area contributed by atoms with E-state index in [9.17, 15) is 4.79 Å². The van der Waals surface area contributed by atoms with Crippen LogP contribution in [-0.2, 0) is 0 Å². The molecule has 0 bridgehead atoms. The summed E-state index contributed by atoms with van der Waals surface area (Å²) >= 11 is 0. The molecule has 0 unspecified atom stereocenters. The first-order valence-electron chi connectivity index (χ1n) is 10.5. The second kappa shape index (κ2) is 9.79. The third kappa shape index (κ3) is 4.69. The van der Waals surface area contributed by atoms with E-state index in [1.807, 2.05) is 56.6 Å². The maximum atomic E-state index is 13.7. The smallest absolute Gasteiger partial charge is 0.198 e. The Hall–Kier alpha value is -4.77. The summed E-state index contributed by atoms with van der Waals surface area (Å²) in [6.45, 7) is 0. The van der Waals surface area contributed by atoms with E-state index < -0.39 is 0 Å². The van der Waals surface area contributed by atoms with Gasteiger partial charge in [0.25, 0.3) is 0 Å². The number of Topliss-reactive ketones (excluding diaryl/α,β-unsaturated/α-hetero) is 1. The van der Waals surface area contributed by atoms with E-state index in [4.69, 9.17) is 10.00 Å². The summed E-state index contributed by atoms with van der Waals surface area (Å²) in [7, 11) is 5.27. The van der Waals surface area contributed by atoms with Gasteiger partial charge in [-0.3, -0.25) is 4.79 Å². The van der Waals surface area contributed by atoms with Crippen molar-refractivity contribution in [2.24, 2.45) is 0 Å². The van der Waals surface area contributed by atoms with Gasteiger partial charge in [0.1, 0.15) is 5.75 Å². The molecule has 1 heterocycles. The fourth-order valence-electron chi connectivity index (χ4n) is 3.46. The molecule has 8 heteroatoms. The predicted octanol–water partition coefficient (Wildman–Crippen LogP) is 3.99. The number of ether oxygens (including phenoxy) is 1. The molecular formula is C26H22N6O2. The van der Waals surface area contributed by atoms with Crippen molar-refractivity contribution in [1.82, 2.24) is 25.1 Å². The van der Waals surface area contributed by atoms with Crippen molar-refractivity contribution in [3.8, 4) is 28.6 Å². The number of ketones is 1. The third-order valence-corrected chi connectivity index (χ3v) is 5.13. The van der Waals surface area contributed by atoms with Crippen LogP contribution >= 0.6 is 0 Å². The largest absolute Gasteiger partial charge is 0.497 e. The number of tetrazole rings is 1. The van der Waals surface area contributed by atoms with Gasteiger partial charge in [0.15, 0.2) is 11.6 Å². The zero-order valence-corrected chi connectivity index (χ0v) is 19.0. The van der Waals surface area contributed by atoms with Crippen LogP contribution in [0.25, 0.3) is 22.4 Å². The Morgan fingerprint density at radius 2 is 1.76 bits per heavy atom. The molecule has 0 aliphatic carbocycles. The van der Waals surface area contributed by atoms with Crippen molar-refractivity contribution in [3.63, 3.8) is 0 Å². The monoisotopic (exact) mass is 450 g/mol. The van der Waals surface area contributed by atoms with Crippen LogP contribution in [0.4, 0.5) is 0 Å². The lowest BCUT2D eigenvalue weighted by molar-refractivity contribution is 0.105. The molecule has 168 valence electrons. The molecule has 34 heavy (non-hydrogen) atoms. The number of methoxy groups -OCH3 is 1. The molecule has 4 aromatic rings. The van der Waals surface area contributed by atoms with Crippen molar-refractivity contribution in [2.45, 2.75) is 0 Å². The number of aromatic nitrogens is 4. The van der Waals surface area contributed by atoms with Gasteiger partial charge in [-0.2, -0.15) is 9.94 Å². The molecule has 0 spiro atoms. The Labute approximate surface area is 197 Å². The number of hydrogen-bond donors (Lipinski definition) is 0. The predicted molar refractivity (Wildman–Crippen MR) is 128 cm³/mol. The average molecular weight is 451 g/mol. The van der Waals surface area contributed by atoms with Gasteiger partial charge in [0.2, 0.25) is 0 Å². The second-order valence-corrected chi connectivity index (χ2v) is 7.72. The summed E-state index contributed by atoms with van der Waals surface area (Å²) in [4.78, 5) is 15.5. The number of rotatable bonds is 7. The van der Waals surface area contributed by atoms with Crippen LogP contribution in [0.2, 0.25) is 0 Å². The molecule has 0 radical (unpaired) electrons. The molecule has 0 saturated carbocycles. The van der Waals surface area contributed by atoms with Crippen LogP contribution in [0.15, 0.2) is 79.0 Å². The molecule has 0 aliphatic rings. The van der Waals surface area contributed by atoms with E-state index in [0.29, 0.717) is 34.0 Å². The number of nitriles is 1. The van der Waals surface area contributed by atoms with Gasteiger partial charge in [0, 0.05) is 25.9 Å². The fourth-order valence-corrected chi connectivity index (χ4v) is 3.46. The molecule has 0 fully saturated rings. The Bertz CT molecular complexity index is 1380. The Morgan fingerprint density at radius 1 is 1.03 bits per heavy atom. The summed E-state index contributed by atoms with van der Waals surface area (Å²) < 4.78 is 6.75. The van der Waals surface area contributed by atoms with Gasteiger partial charge in [-0.05, 0) is 64.0 Å². The highest BCUT2D eigenvalue weighted by atomic mass is 16.5. The van der Waals surface area contributed by atoms with E-state index in [2.05, 4.69) is 21.6 Å². The number of carbonyl (C=O) groups is 1. The maximum Gasteiger partial charge on any atom is 0.198 e. The van der Waals surface area contributed by atoms with E-state index >= 15 is 0 Å². The zero-order valence-electron chi connectivity index (χ0n) is 19.0. The quantitative estimate of drug-likeness (QED) is 0.310. The minimum atomic E-state index is -0.214. The van der Waals surface area contributed by atoms with Crippen LogP contribution in [0.5, 0.6) is 5.75 Å². The molecule has 0 aliphatic heterocycles. The number of nitrogens with zero attached hydrogens (tertiary/aromatic N) is 6. The van der Waals surface area contributed by atoms with Crippen molar-refractivity contribution in [2.75, 3.05) is 21.2 Å². The number of hydrogen-bond acceptors (Lipinski definition) is 7. The Balaban J connectivity index is 1.73. The highest BCUT2D eigenvalue weighted by Crippen LogP contribution is 2.26. The zero-order chi connectivity index (χ0) is 24.1. The van der Waals surface area contributed by atoms with Crippen LogP contribution < -0.4 is 4.74 Å². The molecular weight excluding hydrogens is 428 g/mol. The first-order chi connectivity index (χ1) is 16.5. The van der Waals surface area contributed by atoms with E-state index in [-0.39, 0.29) is 5.78 Å². The maximum absolute atomic E-state index is 13.7.